The number of carbonyl (C=O) groups is 2. The molecule has 1 atom stereocenters. The molecule has 0 radical (unpaired) electrons. The first-order valence-electron chi connectivity index (χ1n) is 9.76. The Hall–Kier alpha value is -2.69. The number of ether oxygens (including phenoxy) is 1. The molecule has 1 aliphatic carbocycles. The van der Waals surface area contributed by atoms with Gasteiger partial charge in [-0.25, -0.2) is 4.79 Å². The van der Waals surface area contributed by atoms with Gasteiger partial charge in [-0.1, -0.05) is 45.0 Å². The van der Waals surface area contributed by atoms with E-state index in [0.29, 0.717) is 18.0 Å². The molecule has 0 bridgehead atoms. The van der Waals surface area contributed by atoms with Gasteiger partial charge >= 0.3 is 5.97 Å². The third-order valence-corrected chi connectivity index (χ3v) is 5.47. The van der Waals surface area contributed by atoms with Gasteiger partial charge in [0, 0.05) is 17.6 Å². The molecule has 28 heavy (non-hydrogen) atoms. The SMILES string of the molecule is C=CCNC(=O)COC(=O)c1c2c(nc3ccccc13)CCC(C(C)(C)C)C2. The molecule has 0 saturated carbocycles. The number of esters is 1. The number of aryl methyl sites for hydroxylation is 1. The Morgan fingerprint density at radius 1 is 1.32 bits per heavy atom. The van der Waals surface area contributed by atoms with Crippen molar-refractivity contribution in [2.75, 3.05) is 13.2 Å². The fourth-order valence-electron chi connectivity index (χ4n) is 3.80. The predicted molar refractivity (Wildman–Crippen MR) is 110 cm³/mol. The van der Waals surface area contributed by atoms with Crippen LogP contribution in [0.25, 0.3) is 10.9 Å². The van der Waals surface area contributed by atoms with E-state index in [-0.39, 0.29) is 17.9 Å². The maximum absolute atomic E-state index is 13.0. The first-order chi connectivity index (χ1) is 13.3. The van der Waals surface area contributed by atoms with Crippen LogP contribution in [-0.2, 0) is 22.4 Å². The van der Waals surface area contributed by atoms with E-state index >= 15 is 0 Å². The van der Waals surface area contributed by atoms with Crippen molar-refractivity contribution < 1.29 is 14.3 Å². The lowest BCUT2D eigenvalue weighted by molar-refractivity contribution is -0.124. The number of nitrogens with one attached hydrogen (secondary N) is 1. The van der Waals surface area contributed by atoms with Crippen molar-refractivity contribution in [1.82, 2.24) is 10.3 Å². The Kier molecular flexibility index (Phi) is 5.82. The average Bonchev–Trinajstić information content (AvgIpc) is 2.67. The van der Waals surface area contributed by atoms with E-state index in [4.69, 9.17) is 9.72 Å². The first kappa shape index (κ1) is 20.1. The minimum absolute atomic E-state index is 0.148. The van der Waals surface area contributed by atoms with Crippen LogP contribution in [-0.4, -0.2) is 30.0 Å². The van der Waals surface area contributed by atoms with Gasteiger partial charge in [0.25, 0.3) is 5.91 Å². The third-order valence-electron chi connectivity index (χ3n) is 5.47. The van der Waals surface area contributed by atoms with Gasteiger partial charge < -0.3 is 10.1 Å². The smallest absolute Gasteiger partial charge is 0.339 e. The summed E-state index contributed by atoms with van der Waals surface area (Å²) in [6, 6.07) is 7.63. The fraction of sp³-hybridized carbons (Fsp3) is 0.435. The van der Waals surface area contributed by atoms with E-state index in [1.807, 2.05) is 24.3 Å². The van der Waals surface area contributed by atoms with E-state index in [2.05, 4.69) is 32.7 Å². The number of benzene rings is 1. The second-order valence-electron chi connectivity index (χ2n) is 8.40. The fourth-order valence-corrected chi connectivity index (χ4v) is 3.80. The molecule has 1 aromatic carbocycles. The van der Waals surface area contributed by atoms with Crippen LogP contribution < -0.4 is 5.32 Å². The van der Waals surface area contributed by atoms with Gasteiger partial charge in [0.05, 0.1) is 11.1 Å². The minimum atomic E-state index is -0.460. The number of rotatable bonds is 5. The number of amides is 1. The monoisotopic (exact) mass is 380 g/mol. The molecule has 1 aromatic heterocycles. The molecule has 3 rings (SSSR count). The van der Waals surface area contributed by atoms with Gasteiger partial charge in [-0.05, 0) is 42.2 Å². The lowest BCUT2D eigenvalue weighted by Crippen LogP contribution is -2.31. The Morgan fingerprint density at radius 3 is 2.79 bits per heavy atom. The normalized spacial score (nSPS) is 16.3. The highest BCUT2D eigenvalue weighted by Gasteiger charge is 2.33. The minimum Gasteiger partial charge on any atom is -0.452 e. The first-order valence-corrected chi connectivity index (χ1v) is 9.76. The zero-order chi connectivity index (χ0) is 20.3. The molecule has 2 aromatic rings. The number of nitrogens with zero attached hydrogens (tertiary/aromatic N) is 1. The summed E-state index contributed by atoms with van der Waals surface area (Å²) in [6.07, 6.45) is 4.28. The largest absolute Gasteiger partial charge is 0.452 e. The number of hydrogen-bond acceptors (Lipinski definition) is 4. The van der Waals surface area contributed by atoms with Crippen molar-refractivity contribution in [2.24, 2.45) is 11.3 Å². The van der Waals surface area contributed by atoms with Crippen LogP contribution in [0.1, 0.15) is 48.8 Å². The zero-order valence-corrected chi connectivity index (χ0v) is 16.9. The molecule has 148 valence electrons. The maximum atomic E-state index is 13.0. The molecule has 1 aliphatic rings. The summed E-state index contributed by atoms with van der Waals surface area (Å²) in [6.45, 7) is 10.3. The lowest BCUT2D eigenvalue weighted by atomic mass is 9.70. The molecule has 5 heteroatoms. The summed E-state index contributed by atoms with van der Waals surface area (Å²) in [5.74, 6) is -0.336. The number of para-hydroxylation sites is 1. The number of fused-ring (bicyclic) bond motifs is 2. The van der Waals surface area contributed by atoms with E-state index in [0.717, 1.165) is 41.4 Å². The standard InChI is InChI=1S/C23H28N2O3/c1-5-12-24-20(26)14-28-22(27)21-16-8-6-7-9-18(16)25-19-11-10-15(13-17(19)21)23(2,3)4/h5-9,15H,1,10-14H2,2-4H3,(H,24,26). The van der Waals surface area contributed by atoms with Gasteiger partial charge in [-0.3, -0.25) is 9.78 Å². The summed E-state index contributed by atoms with van der Waals surface area (Å²) < 4.78 is 5.37. The van der Waals surface area contributed by atoms with Crippen molar-refractivity contribution >= 4 is 22.8 Å². The van der Waals surface area contributed by atoms with E-state index < -0.39 is 5.97 Å². The van der Waals surface area contributed by atoms with Crippen LogP contribution in [0.2, 0.25) is 0 Å². The summed E-state index contributed by atoms with van der Waals surface area (Å²) in [7, 11) is 0. The topological polar surface area (TPSA) is 68.3 Å². The average molecular weight is 380 g/mol. The molecule has 1 amide bonds. The van der Waals surface area contributed by atoms with Crippen LogP contribution in [0.4, 0.5) is 0 Å². The second-order valence-corrected chi connectivity index (χ2v) is 8.40. The predicted octanol–water partition coefficient (Wildman–Crippen LogP) is 3.84. The molecule has 0 spiro atoms. The number of carbonyl (C=O) groups excluding carboxylic acids is 2. The molecule has 1 N–H and O–H groups in total. The number of hydrogen-bond donors (Lipinski definition) is 1. The van der Waals surface area contributed by atoms with Crippen molar-refractivity contribution in [1.29, 1.82) is 0 Å². The van der Waals surface area contributed by atoms with Gasteiger partial charge in [0.1, 0.15) is 0 Å². The molecule has 5 nitrogen and oxygen atoms in total. The molecule has 0 saturated heterocycles. The highest BCUT2D eigenvalue weighted by Crippen LogP contribution is 2.39. The number of pyridine rings is 1. The molecule has 1 unspecified atom stereocenters. The Morgan fingerprint density at radius 2 is 2.07 bits per heavy atom. The van der Waals surface area contributed by atoms with Crippen LogP contribution in [0, 0.1) is 11.3 Å². The third kappa shape index (κ3) is 4.24. The Balaban J connectivity index is 1.96. The Bertz CT molecular complexity index is 912. The van der Waals surface area contributed by atoms with Crippen molar-refractivity contribution in [3.05, 3.63) is 53.7 Å². The van der Waals surface area contributed by atoms with Crippen LogP contribution >= 0.6 is 0 Å². The van der Waals surface area contributed by atoms with Crippen molar-refractivity contribution in [3.63, 3.8) is 0 Å². The molecule has 1 heterocycles. The van der Waals surface area contributed by atoms with Gasteiger partial charge in [-0.15, -0.1) is 6.58 Å². The van der Waals surface area contributed by atoms with Gasteiger partial charge in [0.15, 0.2) is 6.61 Å². The summed E-state index contributed by atoms with van der Waals surface area (Å²) >= 11 is 0. The molecular formula is C23H28N2O3. The van der Waals surface area contributed by atoms with Crippen molar-refractivity contribution in [3.8, 4) is 0 Å². The zero-order valence-electron chi connectivity index (χ0n) is 16.9. The van der Waals surface area contributed by atoms with Crippen molar-refractivity contribution in [2.45, 2.75) is 40.0 Å². The quantitative estimate of drug-likeness (QED) is 0.632. The van der Waals surface area contributed by atoms with Gasteiger partial charge in [-0.2, -0.15) is 0 Å². The van der Waals surface area contributed by atoms with Crippen LogP contribution in [0.5, 0.6) is 0 Å². The highest BCUT2D eigenvalue weighted by atomic mass is 16.5. The molecule has 0 fully saturated rings. The second kappa shape index (κ2) is 8.13. The van der Waals surface area contributed by atoms with E-state index in [9.17, 15) is 9.59 Å². The molecule has 0 aliphatic heterocycles. The van der Waals surface area contributed by atoms with E-state index in [1.54, 1.807) is 6.08 Å². The van der Waals surface area contributed by atoms with E-state index in [1.165, 1.54) is 0 Å². The maximum Gasteiger partial charge on any atom is 0.339 e. The van der Waals surface area contributed by atoms with Crippen LogP contribution in [0.15, 0.2) is 36.9 Å². The van der Waals surface area contributed by atoms with Crippen LogP contribution in [0.3, 0.4) is 0 Å². The summed E-state index contributed by atoms with van der Waals surface area (Å²) in [5.41, 5.74) is 3.45. The highest BCUT2D eigenvalue weighted by molar-refractivity contribution is 6.05. The lowest BCUT2D eigenvalue weighted by Gasteiger charge is -2.35. The summed E-state index contributed by atoms with van der Waals surface area (Å²) in [5, 5.41) is 3.40. The molecular weight excluding hydrogens is 352 g/mol. The number of aromatic nitrogens is 1. The summed E-state index contributed by atoms with van der Waals surface area (Å²) in [4.78, 5) is 29.7. The Labute approximate surface area is 166 Å². The van der Waals surface area contributed by atoms with Gasteiger partial charge in [0.2, 0.25) is 0 Å².